The number of aliphatic imine (C=N–C) groups is 1. The van der Waals surface area contributed by atoms with Crippen molar-refractivity contribution in [1.82, 2.24) is 10.2 Å². The first-order valence-corrected chi connectivity index (χ1v) is 8.43. The van der Waals surface area contributed by atoms with Gasteiger partial charge in [-0.1, -0.05) is 30.3 Å². The molecule has 128 valence electrons. The molecular formula is C18H29N3O2. The van der Waals surface area contributed by atoms with E-state index in [-0.39, 0.29) is 0 Å². The zero-order valence-electron chi connectivity index (χ0n) is 14.3. The SMILES string of the molecule is CN=C(NCc1ccccc1)N1CCC(OCCCOC)CC1. The quantitative estimate of drug-likeness (QED) is 0.476. The van der Waals surface area contributed by atoms with Crippen LogP contribution in [0.1, 0.15) is 24.8 Å². The summed E-state index contributed by atoms with van der Waals surface area (Å²) in [4.78, 5) is 6.73. The summed E-state index contributed by atoms with van der Waals surface area (Å²) in [5, 5.41) is 3.45. The molecule has 5 heteroatoms. The van der Waals surface area contributed by atoms with Crippen molar-refractivity contribution in [2.75, 3.05) is 40.5 Å². The minimum Gasteiger partial charge on any atom is -0.385 e. The number of methoxy groups -OCH3 is 1. The molecule has 1 heterocycles. The van der Waals surface area contributed by atoms with Crippen LogP contribution >= 0.6 is 0 Å². The number of nitrogens with one attached hydrogen (secondary N) is 1. The molecule has 0 spiro atoms. The van der Waals surface area contributed by atoms with E-state index < -0.39 is 0 Å². The molecule has 0 aliphatic carbocycles. The molecule has 0 amide bonds. The first kappa shape index (κ1) is 17.8. The van der Waals surface area contributed by atoms with E-state index >= 15 is 0 Å². The van der Waals surface area contributed by atoms with Gasteiger partial charge in [0.25, 0.3) is 0 Å². The van der Waals surface area contributed by atoms with Crippen LogP contribution in [0.5, 0.6) is 0 Å². The first-order chi connectivity index (χ1) is 11.3. The van der Waals surface area contributed by atoms with E-state index in [4.69, 9.17) is 9.47 Å². The minimum atomic E-state index is 0.371. The van der Waals surface area contributed by atoms with Gasteiger partial charge in [0.1, 0.15) is 0 Å². The van der Waals surface area contributed by atoms with Crippen molar-refractivity contribution in [1.29, 1.82) is 0 Å². The normalized spacial score (nSPS) is 16.6. The molecule has 0 saturated carbocycles. The molecule has 1 saturated heterocycles. The van der Waals surface area contributed by atoms with Gasteiger partial charge in [0.05, 0.1) is 6.10 Å². The Morgan fingerprint density at radius 1 is 1.22 bits per heavy atom. The summed E-state index contributed by atoms with van der Waals surface area (Å²) in [6, 6.07) is 10.4. The molecule has 1 aromatic rings. The maximum Gasteiger partial charge on any atom is 0.193 e. The third kappa shape index (κ3) is 6.20. The lowest BCUT2D eigenvalue weighted by atomic mass is 10.1. The Labute approximate surface area is 139 Å². The number of nitrogens with zero attached hydrogens (tertiary/aromatic N) is 2. The van der Waals surface area contributed by atoms with Crippen LogP contribution in [0.2, 0.25) is 0 Å². The topological polar surface area (TPSA) is 46.1 Å². The third-order valence-corrected chi connectivity index (χ3v) is 4.09. The molecule has 5 nitrogen and oxygen atoms in total. The predicted octanol–water partition coefficient (Wildman–Crippen LogP) is 2.28. The summed E-state index contributed by atoms with van der Waals surface area (Å²) in [6.45, 7) is 4.35. The molecule has 23 heavy (non-hydrogen) atoms. The molecule has 1 fully saturated rings. The Morgan fingerprint density at radius 3 is 2.61 bits per heavy atom. The number of hydrogen-bond acceptors (Lipinski definition) is 3. The van der Waals surface area contributed by atoms with Gasteiger partial charge in [-0.25, -0.2) is 0 Å². The van der Waals surface area contributed by atoms with Crippen molar-refractivity contribution in [3.63, 3.8) is 0 Å². The van der Waals surface area contributed by atoms with Crippen LogP contribution in [0.25, 0.3) is 0 Å². The molecular weight excluding hydrogens is 290 g/mol. The van der Waals surface area contributed by atoms with Crippen LogP contribution in [0, 0.1) is 0 Å². The molecule has 1 aliphatic heterocycles. The summed E-state index contributed by atoms with van der Waals surface area (Å²) in [5.74, 6) is 0.978. The zero-order chi connectivity index (χ0) is 16.3. The largest absolute Gasteiger partial charge is 0.385 e. The standard InChI is InChI=1S/C18H29N3O2/c1-19-18(20-15-16-7-4-3-5-8-16)21-11-9-17(10-12-21)23-14-6-13-22-2/h3-5,7-8,17H,6,9-15H2,1-2H3,(H,19,20). The number of hydrogen-bond donors (Lipinski definition) is 1. The highest BCUT2D eigenvalue weighted by Crippen LogP contribution is 2.14. The van der Waals surface area contributed by atoms with Crippen LogP contribution in [0.15, 0.2) is 35.3 Å². The highest BCUT2D eigenvalue weighted by molar-refractivity contribution is 5.79. The van der Waals surface area contributed by atoms with Crippen LogP contribution in [0.4, 0.5) is 0 Å². The fourth-order valence-corrected chi connectivity index (χ4v) is 2.80. The van der Waals surface area contributed by atoms with Gasteiger partial charge < -0.3 is 19.7 Å². The van der Waals surface area contributed by atoms with Crippen LogP contribution in [-0.2, 0) is 16.0 Å². The van der Waals surface area contributed by atoms with Crippen molar-refractivity contribution >= 4 is 5.96 Å². The second-order valence-electron chi connectivity index (χ2n) is 5.79. The smallest absolute Gasteiger partial charge is 0.193 e. The fourth-order valence-electron chi connectivity index (χ4n) is 2.80. The summed E-state index contributed by atoms with van der Waals surface area (Å²) in [5.41, 5.74) is 1.27. The van der Waals surface area contributed by atoms with Gasteiger partial charge in [0.2, 0.25) is 0 Å². The van der Waals surface area contributed by atoms with Crippen LogP contribution in [0.3, 0.4) is 0 Å². The predicted molar refractivity (Wildman–Crippen MR) is 93.7 cm³/mol. The van der Waals surface area contributed by atoms with E-state index in [1.807, 2.05) is 13.1 Å². The van der Waals surface area contributed by atoms with Crippen molar-refractivity contribution in [2.24, 2.45) is 4.99 Å². The van der Waals surface area contributed by atoms with Gasteiger partial charge in [-0.3, -0.25) is 4.99 Å². The number of likely N-dealkylation sites (tertiary alicyclic amines) is 1. The second kappa shape index (κ2) is 10.2. The Hall–Kier alpha value is -1.59. The zero-order valence-corrected chi connectivity index (χ0v) is 14.3. The average molecular weight is 319 g/mol. The van der Waals surface area contributed by atoms with E-state index in [0.29, 0.717) is 6.10 Å². The molecule has 0 atom stereocenters. The van der Waals surface area contributed by atoms with E-state index in [1.54, 1.807) is 7.11 Å². The van der Waals surface area contributed by atoms with E-state index in [9.17, 15) is 0 Å². The summed E-state index contributed by atoms with van der Waals surface area (Å²) in [7, 11) is 3.58. The monoisotopic (exact) mass is 319 g/mol. The highest BCUT2D eigenvalue weighted by Gasteiger charge is 2.21. The molecule has 1 aliphatic rings. The molecule has 0 aromatic heterocycles. The number of ether oxygens (including phenoxy) is 2. The van der Waals surface area contributed by atoms with Crippen LogP contribution in [-0.4, -0.2) is 57.4 Å². The lowest BCUT2D eigenvalue weighted by molar-refractivity contribution is 0.00990. The van der Waals surface area contributed by atoms with E-state index in [1.165, 1.54) is 5.56 Å². The minimum absolute atomic E-state index is 0.371. The Bertz CT molecular complexity index is 457. The van der Waals surface area contributed by atoms with Gasteiger partial charge >= 0.3 is 0 Å². The first-order valence-electron chi connectivity index (χ1n) is 8.43. The van der Waals surface area contributed by atoms with Gasteiger partial charge in [-0.15, -0.1) is 0 Å². The van der Waals surface area contributed by atoms with Crippen molar-refractivity contribution in [3.05, 3.63) is 35.9 Å². The number of benzene rings is 1. The van der Waals surface area contributed by atoms with Crippen molar-refractivity contribution < 1.29 is 9.47 Å². The lowest BCUT2D eigenvalue weighted by Crippen LogP contribution is -2.46. The summed E-state index contributed by atoms with van der Waals surface area (Å²) in [6.07, 6.45) is 3.45. The molecule has 1 aromatic carbocycles. The number of guanidine groups is 1. The van der Waals surface area contributed by atoms with Gasteiger partial charge in [0.15, 0.2) is 5.96 Å². The van der Waals surface area contributed by atoms with Gasteiger partial charge in [-0.2, -0.15) is 0 Å². The van der Waals surface area contributed by atoms with Gasteiger partial charge in [-0.05, 0) is 24.8 Å². The molecule has 0 bridgehead atoms. The molecule has 2 rings (SSSR count). The molecule has 1 N–H and O–H groups in total. The fraction of sp³-hybridized carbons (Fsp3) is 0.611. The Morgan fingerprint density at radius 2 is 1.96 bits per heavy atom. The maximum absolute atomic E-state index is 5.91. The van der Waals surface area contributed by atoms with Crippen LogP contribution < -0.4 is 5.32 Å². The average Bonchev–Trinajstić information content (AvgIpc) is 2.61. The Balaban J connectivity index is 1.70. The number of rotatable bonds is 7. The highest BCUT2D eigenvalue weighted by atomic mass is 16.5. The lowest BCUT2D eigenvalue weighted by Gasteiger charge is -2.34. The summed E-state index contributed by atoms with van der Waals surface area (Å²) >= 11 is 0. The van der Waals surface area contributed by atoms with E-state index in [2.05, 4.69) is 39.5 Å². The van der Waals surface area contributed by atoms with Crippen molar-refractivity contribution in [3.8, 4) is 0 Å². The molecule has 0 radical (unpaired) electrons. The third-order valence-electron chi connectivity index (χ3n) is 4.09. The van der Waals surface area contributed by atoms with Crippen molar-refractivity contribution in [2.45, 2.75) is 31.9 Å². The Kier molecular flexibility index (Phi) is 7.90. The molecule has 0 unspecified atom stereocenters. The van der Waals surface area contributed by atoms with E-state index in [0.717, 1.165) is 58.1 Å². The van der Waals surface area contributed by atoms with Gasteiger partial charge in [0, 0.05) is 47.0 Å². The maximum atomic E-state index is 5.91. The number of piperidine rings is 1. The summed E-state index contributed by atoms with van der Waals surface area (Å²) < 4.78 is 11.0. The second-order valence-corrected chi connectivity index (χ2v) is 5.79.